The molecule has 0 radical (unpaired) electrons. The number of hydrogen-bond acceptors (Lipinski definition) is 3. The fourth-order valence-corrected chi connectivity index (χ4v) is 1.77. The van der Waals surface area contributed by atoms with E-state index >= 15 is 0 Å². The van der Waals surface area contributed by atoms with Gasteiger partial charge in [-0.25, -0.2) is 15.0 Å². The summed E-state index contributed by atoms with van der Waals surface area (Å²) in [7, 11) is 0. The molecule has 0 fully saturated rings. The molecule has 5 heteroatoms. The summed E-state index contributed by atoms with van der Waals surface area (Å²) in [5.74, 6) is 0.713. The van der Waals surface area contributed by atoms with Gasteiger partial charge in [-0.3, -0.25) is 0 Å². The Bertz CT molecular complexity index is 498. The minimum absolute atomic E-state index is 0.483. The van der Waals surface area contributed by atoms with E-state index < -0.39 is 0 Å². The van der Waals surface area contributed by atoms with E-state index in [-0.39, 0.29) is 0 Å². The quantitative estimate of drug-likeness (QED) is 0.752. The van der Waals surface area contributed by atoms with Gasteiger partial charge in [-0.2, -0.15) is 0 Å². The third-order valence-corrected chi connectivity index (χ3v) is 2.72. The summed E-state index contributed by atoms with van der Waals surface area (Å²) in [6.07, 6.45) is 1.80. The van der Waals surface area contributed by atoms with Crippen molar-refractivity contribution >= 4 is 11.6 Å². The largest absolute Gasteiger partial charge is 0.327 e. The first-order valence-corrected chi connectivity index (χ1v) is 5.42. The van der Waals surface area contributed by atoms with Crippen molar-refractivity contribution in [2.75, 3.05) is 0 Å². The van der Waals surface area contributed by atoms with Gasteiger partial charge < -0.3 is 4.57 Å². The van der Waals surface area contributed by atoms with E-state index in [1.54, 1.807) is 12.4 Å². The van der Waals surface area contributed by atoms with Gasteiger partial charge in [-0.15, -0.1) is 0 Å². The van der Waals surface area contributed by atoms with Crippen LogP contribution in [-0.2, 0) is 6.54 Å². The van der Waals surface area contributed by atoms with Gasteiger partial charge >= 0.3 is 0 Å². The average molecular weight is 237 g/mol. The fourth-order valence-electron chi connectivity index (χ4n) is 1.52. The summed E-state index contributed by atoms with van der Waals surface area (Å²) in [6.45, 7) is 6.52. The lowest BCUT2D eigenvalue weighted by molar-refractivity contribution is 0.718. The van der Waals surface area contributed by atoms with Gasteiger partial charge in [-0.05, 0) is 26.8 Å². The molecule has 2 aromatic rings. The zero-order chi connectivity index (χ0) is 11.7. The summed E-state index contributed by atoms with van der Waals surface area (Å²) in [6, 6.07) is 1.75. The predicted octanol–water partition coefficient (Wildman–Crippen LogP) is 2.30. The van der Waals surface area contributed by atoms with Crippen LogP contribution in [0.25, 0.3) is 0 Å². The minimum Gasteiger partial charge on any atom is -0.327 e. The lowest BCUT2D eigenvalue weighted by Crippen LogP contribution is -2.06. The SMILES string of the molecule is Cc1cc(Cl)nc(Cn2cnc(C)c2C)n1. The number of rotatable bonds is 2. The molecule has 0 bridgehead atoms. The van der Waals surface area contributed by atoms with Gasteiger partial charge in [0.1, 0.15) is 11.0 Å². The maximum Gasteiger partial charge on any atom is 0.150 e. The van der Waals surface area contributed by atoms with Crippen LogP contribution in [0.15, 0.2) is 12.4 Å². The highest BCUT2D eigenvalue weighted by Gasteiger charge is 2.05. The van der Waals surface area contributed by atoms with Crippen LogP contribution >= 0.6 is 11.6 Å². The number of nitrogens with zero attached hydrogens (tertiary/aromatic N) is 4. The molecular weight excluding hydrogens is 224 g/mol. The molecular formula is C11H13ClN4. The van der Waals surface area contributed by atoms with E-state index in [1.807, 2.05) is 25.3 Å². The van der Waals surface area contributed by atoms with Crippen molar-refractivity contribution in [2.24, 2.45) is 0 Å². The van der Waals surface area contributed by atoms with Crippen molar-refractivity contribution in [1.29, 1.82) is 0 Å². The highest BCUT2D eigenvalue weighted by atomic mass is 35.5. The first-order chi connectivity index (χ1) is 7.56. The van der Waals surface area contributed by atoms with Crippen LogP contribution in [0, 0.1) is 20.8 Å². The predicted molar refractivity (Wildman–Crippen MR) is 62.6 cm³/mol. The zero-order valence-corrected chi connectivity index (χ0v) is 10.3. The molecule has 0 aliphatic heterocycles. The molecule has 0 aliphatic rings. The van der Waals surface area contributed by atoms with E-state index in [9.17, 15) is 0 Å². The standard InChI is InChI=1S/C11H13ClN4/c1-7-4-10(12)15-11(14-7)5-16-6-13-8(2)9(16)3/h4,6H,5H2,1-3H3. The lowest BCUT2D eigenvalue weighted by atomic mass is 10.3. The van der Waals surface area contributed by atoms with Crippen molar-refractivity contribution in [1.82, 2.24) is 19.5 Å². The fraction of sp³-hybridized carbons (Fsp3) is 0.364. The first kappa shape index (κ1) is 11.1. The third kappa shape index (κ3) is 2.22. The van der Waals surface area contributed by atoms with Gasteiger partial charge in [-0.1, -0.05) is 11.6 Å². The number of imidazole rings is 1. The van der Waals surface area contributed by atoms with E-state index in [0.29, 0.717) is 17.5 Å². The van der Waals surface area contributed by atoms with Gasteiger partial charge in [0, 0.05) is 11.4 Å². The van der Waals surface area contributed by atoms with Crippen LogP contribution in [0.3, 0.4) is 0 Å². The Labute approximate surface area is 99.3 Å². The summed E-state index contributed by atoms with van der Waals surface area (Å²) in [5.41, 5.74) is 3.03. The maximum atomic E-state index is 5.89. The summed E-state index contributed by atoms with van der Waals surface area (Å²) >= 11 is 5.89. The highest BCUT2D eigenvalue weighted by molar-refractivity contribution is 6.29. The highest BCUT2D eigenvalue weighted by Crippen LogP contribution is 2.10. The molecule has 4 nitrogen and oxygen atoms in total. The average Bonchev–Trinajstić information content (AvgIpc) is 2.48. The van der Waals surface area contributed by atoms with Crippen molar-refractivity contribution in [3.8, 4) is 0 Å². The van der Waals surface area contributed by atoms with Crippen molar-refractivity contribution < 1.29 is 0 Å². The molecule has 0 N–H and O–H groups in total. The van der Waals surface area contributed by atoms with E-state index in [4.69, 9.17) is 11.6 Å². The van der Waals surface area contributed by atoms with Crippen molar-refractivity contribution in [2.45, 2.75) is 27.3 Å². The van der Waals surface area contributed by atoms with Crippen LogP contribution in [0.2, 0.25) is 5.15 Å². The third-order valence-electron chi connectivity index (χ3n) is 2.53. The first-order valence-electron chi connectivity index (χ1n) is 5.04. The van der Waals surface area contributed by atoms with E-state index in [1.165, 1.54) is 0 Å². The summed E-state index contributed by atoms with van der Waals surface area (Å²) in [5, 5.41) is 0.483. The molecule has 0 aliphatic carbocycles. The lowest BCUT2D eigenvalue weighted by Gasteiger charge is -2.05. The molecule has 0 saturated heterocycles. The molecule has 84 valence electrons. The summed E-state index contributed by atoms with van der Waals surface area (Å²) < 4.78 is 2.01. The molecule has 0 aromatic carbocycles. The minimum atomic E-state index is 0.483. The topological polar surface area (TPSA) is 43.6 Å². The maximum absolute atomic E-state index is 5.89. The normalized spacial score (nSPS) is 10.8. The van der Waals surface area contributed by atoms with Crippen LogP contribution in [-0.4, -0.2) is 19.5 Å². The number of aryl methyl sites for hydroxylation is 2. The number of aromatic nitrogens is 4. The van der Waals surface area contributed by atoms with Gasteiger partial charge in [0.05, 0.1) is 18.6 Å². The van der Waals surface area contributed by atoms with Crippen LogP contribution in [0.5, 0.6) is 0 Å². The van der Waals surface area contributed by atoms with Crippen molar-refractivity contribution in [3.05, 3.63) is 40.5 Å². The van der Waals surface area contributed by atoms with Gasteiger partial charge in [0.2, 0.25) is 0 Å². The Morgan fingerprint density at radius 3 is 2.56 bits per heavy atom. The molecule has 2 rings (SSSR count). The van der Waals surface area contributed by atoms with E-state index in [0.717, 1.165) is 17.1 Å². The van der Waals surface area contributed by atoms with Gasteiger partial charge in [0.15, 0.2) is 0 Å². The Hall–Kier alpha value is -1.42. The molecule has 0 unspecified atom stereocenters. The molecule has 0 amide bonds. The molecule has 16 heavy (non-hydrogen) atoms. The Balaban J connectivity index is 2.30. The molecule has 0 atom stereocenters. The number of halogens is 1. The Morgan fingerprint density at radius 1 is 1.25 bits per heavy atom. The Morgan fingerprint density at radius 2 is 2.00 bits per heavy atom. The molecule has 0 spiro atoms. The van der Waals surface area contributed by atoms with E-state index in [2.05, 4.69) is 15.0 Å². The second kappa shape index (κ2) is 4.22. The van der Waals surface area contributed by atoms with Crippen LogP contribution in [0.1, 0.15) is 22.9 Å². The second-order valence-electron chi connectivity index (χ2n) is 3.79. The van der Waals surface area contributed by atoms with Crippen LogP contribution < -0.4 is 0 Å². The monoisotopic (exact) mass is 236 g/mol. The number of hydrogen-bond donors (Lipinski definition) is 0. The molecule has 0 saturated carbocycles. The van der Waals surface area contributed by atoms with Crippen LogP contribution in [0.4, 0.5) is 0 Å². The second-order valence-corrected chi connectivity index (χ2v) is 4.18. The van der Waals surface area contributed by atoms with Crippen molar-refractivity contribution in [3.63, 3.8) is 0 Å². The summed E-state index contributed by atoms with van der Waals surface area (Å²) in [4.78, 5) is 12.8. The zero-order valence-electron chi connectivity index (χ0n) is 9.53. The van der Waals surface area contributed by atoms with Gasteiger partial charge in [0.25, 0.3) is 0 Å². The molecule has 2 aromatic heterocycles. The smallest absolute Gasteiger partial charge is 0.150 e. The Kier molecular flexibility index (Phi) is 2.92. The molecule has 2 heterocycles.